The second-order valence-electron chi connectivity index (χ2n) is 6.35. The molecule has 3 N–H and O–H groups in total. The van der Waals surface area contributed by atoms with E-state index in [4.69, 9.17) is 10.2 Å². The van der Waals surface area contributed by atoms with Crippen LogP contribution in [0.4, 0.5) is 5.69 Å². The molecule has 24 heavy (non-hydrogen) atoms. The number of fused-ring (bicyclic) bond motifs is 1. The van der Waals surface area contributed by atoms with Gasteiger partial charge in [0.2, 0.25) is 0 Å². The zero-order valence-electron chi connectivity index (χ0n) is 13.7. The third kappa shape index (κ3) is 3.42. The Morgan fingerprint density at radius 1 is 1.04 bits per heavy atom. The highest BCUT2D eigenvalue weighted by Crippen LogP contribution is 2.20. The summed E-state index contributed by atoms with van der Waals surface area (Å²) in [5.74, 6) is 0.745. The molecule has 0 bridgehead atoms. The molecule has 0 unspecified atom stereocenters. The molecule has 1 saturated heterocycles. The smallest absolute Gasteiger partial charge is 0.199 e. The Morgan fingerprint density at radius 3 is 2.58 bits per heavy atom. The lowest BCUT2D eigenvalue weighted by Crippen LogP contribution is -2.42. The first-order valence-electron chi connectivity index (χ1n) is 8.42. The molecule has 4 rings (SSSR count). The Hall–Kier alpha value is -2.37. The fourth-order valence-corrected chi connectivity index (χ4v) is 3.13. The standard InChI is InChI=1S/C19H22N4O/c20-16-4-1-14(2-5-16)12-19-22-17-11-15(3-6-18(17)24-19)13-23-9-7-21-8-10-23/h1-6,11,21H,7-10,12-13,20H2. The van der Waals surface area contributed by atoms with Crippen molar-refractivity contribution in [2.24, 2.45) is 0 Å². The van der Waals surface area contributed by atoms with Gasteiger partial charge in [0, 0.05) is 44.8 Å². The zero-order chi connectivity index (χ0) is 16.4. The molecule has 124 valence electrons. The van der Waals surface area contributed by atoms with E-state index >= 15 is 0 Å². The summed E-state index contributed by atoms with van der Waals surface area (Å²) in [5, 5.41) is 3.38. The number of nitrogens with one attached hydrogen (secondary N) is 1. The topological polar surface area (TPSA) is 67.3 Å². The summed E-state index contributed by atoms with van der Waals surface area (Å²) in [5.41, 5.74) is 10.7. The first-order chi connectivity index (χ1) is 11.8. The summed E-state index contributed by atoms with van der Waals surface area (Å²) >= 11 is 0. The quantitative estimate of drug-likeness (QED) is 0.722. The van der Waals surface area contributed by atoms with Gasteiger partial charge in [0.1, 0.15) is 5.52 Å². The van der Waals surface area contributed by atoms with Gasteiger partial charge in [-0.2, -0.15) is 0 Å². The maximum Gasteiger partial charge on any atom is 0.199 e. The fourth-order valence-electron chi connectivity index (χ4n) is 3.13. The number of anilines is 1. The van der Waals surface area contributed by atoms with Crippen LogP contribution in [0.5, 0.6) is 0 Å². The molecule has 0 aliphatic carbocycles. The van der Waals surface area contributed by atoms with Gasteiger partial charge in [0.15, 0.2) is 11.5 Å². The van der Waals surface area contributed by atoms with Crippen molar-refractivity contribution in [3.05, 3.63) is 59.5 Å². The first kappa shape index (κ1) is 15.2. The Balaban J connectivity index is 1.51. The molecule has 1 fully saturated rings. The van der Waals surface area contributed by atoms with Gasteiger partial charge < -0.3 is 15.5 Å². The van der Waals surface area contributed by atoms with E-state index < -0.39 is 0 Å². The van der Waals surface area contributed by atoms with Gasteiger partial charge in [-0.1, -0.05) is 18.2 Å². The van der Waals surface area contributed by atoms with Gasteiger partial charge in [-0.05, 0) is 35.4 Å². The number of hydrogen-bond acceptors (Lipinski definition) is 5. The van der Waals surface area contributed by atoms with Crippen LogP contribution < -0.4 is 11.1 Å². The molecule has 1 aliphatic rings. The molecule has 0 radical (unpaired) electrons. The Bertz CT molecular complexity index is 819. The van der Waals surface area contributed by atoms with Crippen LogP contribution in [0, 0.1) is 0 Å². The number of piperazine rings is 1. The number of benzene rings is 2. The molecule has 0 saturated carbocycles. The minimum atomic E-state index is 0.683. The van der Waals surface area contributed by atoms with E-state index in [1.54, 1.807) is 0 Å². The second-order valence-corrected chi connectivity index (χ2v) is 6.35. The molecule has 2 aromatic carbocycles. The molecule has 5 nitrogen and oxygen atoms in total. The highest BCUT2D eigenvalue weighted by Gasteiger charge is 2.12. The van der Waals surface area contributed by atoms with Gasteiger partial charge >= 0.3 is 0 Å². The molecule has 2 heterocycles. The Morgan fingerprint density at radius 2 is 1.79 bits per heavy atom. The van der Waals surface area contributed by atoms with Gasteiger partial charge in [-0.15, -0.1) is 0 Å². The SMILES string of the molecule is Nc1ccc(Cc2nc3cc(CN4CCNCC4)ccc3o2)cc1. The summed E-state index contributed by atoms with van der Waals surface area (Å²) in [6.07, 6.45) is 0.683. The predicted molar refractivity (Wildman–Crippen MR) is 95.8 cm³/mol. The van der Waals surface area contributed by atoms with Crippen LogP contribution in [-0.4, -0.2) is 36.1 Å². The van der Waals surface area contributed by atoms with Crippen molar-refractivity contribution in [3.8, 4) is 0 Å². The maximum atomic E-state index is 5.88. The van der Waals surface area contributed by atoms with Crippen LogP contribution in [0.3, 0.4) is 0 Å². The molecular weight excluding hydrogens is 300 g/mol. The number of nitrogen functional groups attached to an aromatic ring is 1. The third-order valence-electron chi connectivity index (χ3n) is 4.45. The van der Waals surface area contributed by atoms with Gasteiger partial charge in [-0.3, -0.25) is 4.90 Å². The summed E-state index contributed by atoms with van der Waals surface area (Å²) in [4.78, 5) is 7.12. The van der Waals surface area contributed by atoms with Crippen LogP contribution in [0.1, 0.15) is 17.0 Å². The predicted octanol–water partition coefficient (Wildman–Crippen LogP) is 2.41. The van der Waals surface area contributed by atoms with Crippen molar-refractivity contribution in [2.75, 3.05) is 31.9 Å². The molecule has 0 atom stereocenters. The largest absolute Gasteiger partial charge is 0.440 e. The van der Waals surface area contributed by atoms with E-state index in [9.17, 15) is 0 Å². The van der Waals surface area contributed by atoms with Crippen LogP contribution in [0.25, 0.3) is 11.1 Å². The van der Waals surface area contributed by atoms with Crippen LogP contribution >= 0.6 is 0 Å². The molecule has 5 heteroatoms. The van der Waals surface area contributed by atoms with Crippen molar-refractivity contribution in [3.63, 3.8) is 0 Å². The van der Waals surface area contributed by atoms with E-state index in [2.05, 4.69) is 27.3 Å². The molecule has 0 spiro atoms. The number of nitrogens with two attached hydrogens (primary N) is 1. The van der Waals surface area contributed by atoms with E-state index in [0.717, 1.165) is 61.0 Å². The van der Waals surface area contributed by atoms with Gasteiger partial charge in [0.05, 0.1) is 0 Å². The van der Waals surface area contributed by atoms with Gasteiger partial charge in [0.25, 0.3) is 0 Å². The number of hydrogen-bond donors (Lipinski definition) is 2. The molecule has 1 aliphatic heterocycles. The van der Waals surface area contributed by atoms with Crippen LogP contribution in [-0.2, 0) is 13.0 Å². The number of aromatic nitrogens is 1. The molecular formula is C19H22N4O. The Kier molecular flexibility index (Phi) is 4.19. The zero-order valence-corrected chi connectivity index (χ0v) is 13.7. The van der Waals surface area contributed by atoms with Crippen molar-refractivity contribution < 1.29 is 4.42 Å². The Labute approximate surface area is 141 Å². The lowest BCUT2D eigenvalue weighted by molar-refractivity contribution is 0.233. The number of rotatable bonds is 4. The monoisotopic (exact) mass is 322 g/mol. The van der Waals surface area contributed by atoms with E-state index in [0.29, 0.717) is 6.42 Å². The average Bonchev–Trinajstić information content (AvgIpc) is 2.99. The van der Waals surface area contributed by atoms with Crippen molar-refractivity contribution in [1.29, 1.82) is 0 Å². The molecule has 0 amide bonds. The number of nitrogens with zero attached hydrogens (tertiary/aromatic N) is 2. The second kappa shape index (κ2) is 6.63. The minimum absolute atomic E-state index is 0.683. The first-order valence-corrected chi connectivity index (χ1v) is 8.42. The van der Waals surface area contributed by atoms with Crippen LogP contribution in [0.2, 0.25) is 0 Å². The van der Waals surface area contributed by atoms with Crippen molar-refractivity contribution in [2.45, 2.75) is 13.0 Å². The maximum absolute atomic E-state index is 5.88. The van der Waals surface area contributed by atoms with E-state index in [1.807, 2.05) is 30.3 Å². The van der Waals surface area contributed by atoms with Gasteiger partial charge in [-0.25, -0.2) is 4.98 Å². The highest BCUT2D eigenvalue weighted by atomic mass is 16.3. The fraction of sp³-hybridized carbons (Fsp3) is 0.316. The van der Waals surface area contributed by atoms with Crippen molar-refractivity contribution in [1.82, 2.24) is 15.2 Å². The normalized spacial score (nSPS) is 15.8. The summed E-state index contributed by atoms with van der Waals surface area (Å²) in [6.45, 7) is 5.30. The molecule has 1 aromatic heterocycles. The summed E-state index contributed by atoms with van der Waals surface area (Å²) in [7, 11) is 0. The van der Waals surface area contributed by atoms with E-state index in [-0.39, 0.29) is 0 Å². The van der Waals surface area contributed by atoms with E-state index in [1.165, 1.54) is 5.56 Å². The third-order valence-corrected chi connectivity index (χ3v) is 4.45. The lowest BCUT2D eigenvalue weighted by Gasteiger charge is -2.27. The summed E-state index contributed by atoms with van der Waals surface area (Å²) in [6, 6.07) is 14.2. The molecule has 3 aromatic rings. The van der Waals surface area contributed by atoms with Crippen LogP contribution in [0.15, 0.2) is 46.9 Å². The van der Waals surface area contributed by atoms with Crippen molar-refractivity contribution >= 4 is 16.8 Å². The highest BCUT2D eigenvalue weighted by molar-refractivity contribution is 5.73. The summed E-state index contributed by atoms with van der Waals surface area (Å²) < 4.78 is 5.88. The average molecular weight is 322 g/mol. The number of oxazole rings is 1. The minimum Gasteiger partial charge on any atom is -0.440 e. The lowest BCUT2D eigenvalue weighted by atomic mass is 10.1.